The second-order valence-electron chi connectivity index (χ2n) is 5.24. The first kappa shape index (κ1) is 15.2. The highest BCUT2D eigenvalue weighted by Gasteiger charge is 2.33. The van der Waals surface area contributed by atoms with Crippen LogP contribution in [-0.2, 0) is 4.79 Å². The van der Waals surface area contributed by atoms with Crippen molar-refractivity contribution in [3.63, 3.8) is 0 Å². The summed E-state index contributed by atoms with van der Waals surface area (Å²) in [4.78, 5) is 23.4. The average molecular weight is 343 g/mol. The quantitative estimate of drug-likeness (QED) is 0.839. The highest BCUT2D eigenvalue weighted by molar-refractivity contribution is 9.10. The molecular formula is C15H16BrFO3. The Kier molecular flexibility index (Phi) is 4.91. The molecule has 0 aromatic heterocycles. The molecule has 0 radical (unpaired) electrons. The highest BCUT2D eigenvalue weighted by atomic mass is 79.9. The predicted molar refractivity (Wildman–Crippen MR) is 76.1 cm³/mol. The smallest absolute Gasteiger partial charge is 0.303 e. The van der Waals surface area contributed by atoms with Crippen LogP contribution >= 0.6 is 15.9 Å². The van der Waals surface area contributed by atoms with Crippen LogP contribution in [0.1, 0.15) is 42.5 Å². The van der Waals surface area contributed by atoms with Crippen molar-refractivity contribution >= 4 is 27.7 Å². The normalized spacial score (nSPS) is 22.5. The van der Waals surface area contributed by atoms with Gasteiger partial charge in [0.15, 0.2) is 5.78 Å². The lowest BCUT2D eigenvalue weighted by Gasteiger charge is -2.29. The number of halogens is 2. The summed E-state index contributed by atoms with van der Waals surface area (Å²) in [6.45, 7) is 0. The largest absolute Gasteiger partial charge is 0.481 e. The van der Waals surface area contributed by atoms with E-state index in [2.05, 4.69) is 15.9 Å². The van der Waals surface area contributed by atoms with Gasteiger partial charge in [-0.05, 0) is 37.0 Å². The molecule has 1 fully saturated rings. The second-order valence-corrected chi connectivity index (χ2v) is 6.15. The summed E-state index contributed by atoms with van der Waals surface area (Å²) in [5, 5.41) is 8.94. The van der Waals surface area contributed by atoms with Gasteiger partial charge in [-0.25, -0.2) is 4.39 Å². The number of carboxylic acid groups (broad SMARTS) is 1. The molecule has 0 spiro atoms. The van der Waals surface area contributed by atoms with E-state index in [1.54, 1.807) is 6.07 Å². The monoisotopic (exact) mass is 342 g/mol. The topological polar surface area (TPSA) is 54.4 Å². The van der Waals surface area contributed by atoms with Crippen molar-refractivity contribution in [1.29, 1.82) is 0 Å². The van der Waals surface area contributed by atoms with Gasteiger partial charge in [0.2, 0.25) is 0 Å². The maximum absolute atomic E-state index is 13.9. The molecule has 108 valence electrons. The summed E-state index contributed by atoms with van der Waals surface area (Å²) in [7, 11) is 0. The van der Waals surface area contributed by atoms with Crippen LogP contribution in [0.2, 0.25) is 0 Å². The van der Waals surface area contributed by atoms with E-state index in [0.717, 1.165) is 19.3 Å². The van der Waals surface area contributed by atoms with Crippen LogP contribution in [0.15, 0.2) is 22.7 Å². The van der Waals surface area contributed by atoms with Gasteiger partial charge >= 0.3 is 5.97 Å². The fraction of sp³-hybridized carbons (Fsp3) is 0.467. The number of hydrogen-bond acceptors (Lipinski definition) is 2. The molecule has 1 aromatic rings. The van der Waals surface area contributed by atoms with Crippen LogP contribution in [0, 0.1) is 17.7 Å². The summed E-state index contributed by atoms with van der Waals surface area (Å²) < 4.78 is 14.5. The van der Waals surface area contributed by atoms with Crippen molar-refractivity contribution in [3.05, 3.63) is 34.1 Å². The second kappa shape index (κ2) is 6.48. The minimum Gasteiger partial charge on any atom is -0.481 e. The number of carbonyl (C=O) groups is 2. The third-order valence-corrected chi connectivity index (χ3v) is 4.37. The Balaban J connectivity index is 2.22. The number of hydrogen-bond donors (Lipinski definition) is 1. The minimum atomic E-state index is -0.897. The Labute approximate surface area is 125 Å². The van der Waals surface area contributed by atoms with E-state index in [1.807, 2.05) is 0 Å². The number of ketones is 1. The first-order valence-electron chi connectivity index (χ1n) is 6.70. The maximum atomic E-state index is 13.9. The maximum Gasteiger partial charge on any atom is 0.303 e. The third kappa shape index (κ3) is 3.45. The third-order valence-electron chi connectivity index (χ3n) is 3.88. The zero-order chi connectivity index (χ0) is 14.7. The lowest BCUT2D eigenvalue weighted by atomic mass is 9.74. The van der Waals surface area contributed by atoms with E-state index < -0.39 is 11.8 Å². The average Bonchev–Trinajstić information content (AvgIpc) is 2.38. The Morgan fingerprint density at radius 2 is 2.00 bits per heavy atom. The van der Waals surface area contributed by atoms with Crippen LogP contribution in [0.25, 0.3) is 0 Å². The fourth-order valence-electron chi connectivity index (χ4n) is 2.91. The van der Waals surface area contributed by atoms with Crippen molar-refractivity contribution < 1.29 is 19.1 Å². The van der Waals surface area contributed by atoms with Gasteiger partial charge < -0.3 is 5.11 Å². The number of Topliss-reactive ketones (excluding diaryl/α,β-unsaturated/α-hetero) is 1. The van der Waals surface area contributed by atoms with Gasteiger partial charge in [0.05, 0.1) is 5.56 Å². The van der Waals surface area contributed by atoms with E-state index in [9.17, 15) is 14.0 Å². The Hall–Kier alpha value is -1.23. The first-order valence-corrected chi connectivity index (χ1v) is 7.49. The van der Waals surface area contributed by atoms with Crippen molar-refractivity contribution in [1.82, 2.24) is 0 Å². The SMILES string of the molecule is O=C(O)CC1CCCCC1C(=O)c1ccc(Br)cc1F. The van der Waals surface area contributed by atoms with Crippen LogP contribution in [0.5, 0.6) is 0 Å². The molecule has 1 aromatic carbocycles. The van der Waals surface area contributed by atoms with Gasteiger partial charge in [-0.2, -0.15) is 0 Å². The highest BCUT2D eigenvalue weighted by Crippen LogP contribution is 2.35. The zero-order valence-electron chi connectivity index (χ0n) is 10.9. The van der Waals surface area contributed by atoms with Gasteiger partial charge in [0.25, 0.3) is 0 Å². The molecule has 1 aliphatic carbocycles. The number of carboxylic acids is 1. The molecule has 0 aliphatic heterocycles. The first-order chi connectivity index (χ1) is 9.49. The molecule has 2 unspecified atom stereocenters. The molecule has 0 amide bonds. The molecule has 0 saturated heterocycles. The Morgan fingerprint density at radius 3 is 2.65 bits per heavy atom. The van der Waals surface area contributed by atoms with E-state index in [-0.39, 0.29) is 29.6 Å². The van der Waals surface area contributed by atoms with E-state index in [1.165, 1.54) is 12.1 Å². The molecule has 1 saturated carbocycles. The summed E-state index contributed by atoms with van der Waals surface area (Å²) in [5.74, 6) is -2.27. The zero-order valence-corrected chi connectivity index (χ0v) is 12.5. The molecule has 5 heteroatoms. The lowest BCUT2D eigenvalue weighted by molar-refractivity contribution is -0.138. The van der Waals surface area contributed by atoms with Crippen molar-refractivity contribution in [3.8, 4) is 0 Å². The summed E-state index contributed by atoms with van der Waals surface area (Å²) in [5.41, 5.74) is 0.0653. The number of carbonyl (C=O) groups excluding carboxylic acids is 1. The number of benzene rings is 1. The van der Waals surface area contributed by atoms with Gasteiger partial charge in [-0.1, -0.05) is 28.8 Å². The van der Waals surface area contributed by atoms with E-state index >= 15 is 0 Å². The molecule has 3 nitrogen and oxygen atoms in total. The molecule has 1 N–H and O–H groups in total. The summed E-state index contributed by atoms with van der Waals surface area (Å²) >= 11 is 3.16. The van der Waals surface area contributed by atoms with Crippen LogP contribution in [0.4, 0.5) is 4.39 Å². The molecular weight excluding hydrogens is 327 g/mol. The van der Waals surface area contributed by atoms with Crippen molar-refractivity contribution in [2.45, 2.75) is 32.1 Å². The van der Waals surface area contributed by atoms with Gasteiger partial charge in [0.1, 0.15) is 5.82 Å². The molecule has 0 bridgehead atoms. The molecule has 2 atom stereocenters. The predicted octanol–water partition coefficient (Wildman–Crippen LogP) is 4.05. The summed E-state index contributed by atoms with van der Waals surface area (Å²) in [6.07, 6.45) is 3.18. The fourth-order valence-corrected chi connectivity index (χ4v) is 3.24. The molecule has 1 aliphatic rings. The van der Waals surface area contributed by atoms with Gasteiger partial charge in [-0.3, -0.25) is 9.59 Å². The van der Waals surface area contributed by atoms with Crippen LogP contribution in [-0.4, -0.2) is 16.9 Å². The molecule has 2 rings (SSSR count). The van der Waals surface area contributed by atoms with E-state index in [0.29, 0.717) is 10.9 Å². The standard InChI is InChI=1S/C15H16BrFO3/c16-10-5-6-12(13(17)8-10)15(20)11-4-2-1-3-9(11)7-14(18)19/h5-6,8-9,11H,1-4,7H2,(H,18,19). The molecule has 20 heavy (non-hydrogen) atoms. The Bertz CT molecular complexity index is 530. The van der Waals surface area contributed by atoms with Crippen molar-refractivity contribution in [2.75, 3.05) is 0 Å². The lowest BCUT2D eigenvalue weighted by Crippen LogP contribution is -2.29. The van der Waals surface area contributed by atoms with Gasteiger partial charge in [0, 0.05) is 16.8 Å². The van der Waals surface area contributed by atoms with Gasteiger partial charge in [-0.15, -0.1) is 0 Å². The van der Waals surface area contributed by atoms with E-state index in [4.69, 9.17) is 5.11 Å². The summed E-state index contributed by atoms with van der Waals surface area (Å²) in [6, 6.07) is 4.36. The number of aliphatic carboxylic acids is 1. The minimum absolute atomic E-state index is 0.0193. The van der Waals surface area contributed by atoms with Crippen LogP contribution < -0.4 is 0 Å². The molecule has 0 heterocycles. The Morgan fingerprint density at radius 1 is 1.30 bits per heavy atom. The van der Waals surface area contributed by atoms with Crippen molar-refractivity contribution in [2.24, 2.45) is 11.8 Å². The van der Waals surface area contributed by atoms with Crippen LogP contribution in [0.3, 0.4) is 0 Å². The number of rotatable bonds is 4.